The highest BCUT2D eigenvalue weighted by molar-refractivity contribution is 6.30. The predicted molar refractivity (Wildman–Crippen MR) is 93.5 cm³/mol. The van der Waals surface area contributed by atoms with Gasteiger partial charge in [0.15, 0.2) is 0 Å². The molecule has 1 heterocycles. The van der Waals surface area contributed by atoms with Gasteiger partial charge in [-0.1, -0.05) is 11.6 Å². The molecule has 2 amide bonds. The maximum atomic E-state index is 12.2. The molecular formula is C18H17ClN2O3. The van der Waals surface area contributed by atoms with Crippen molar-refractivity contribution in [3.05, 3.63) is 59.1 Å². The highest BCUT2D eigenvalue weighted by atomic mass is 35.5. The molecule has 1 unspecified atom stereocenters. The van der Waals surface area contributed by atoms with Crippen molar-refractivity contribution in [2.24, 2.45) is 0 Å². The van der Waals surface area contributed by atoms with Crippen molar-refractivity contribution < 1.29 is 14.3 Å². The molecule has 1 fully saturated rings. The highest BCUT2D eigenvalue weighted by Gasteiger charge is 2.23. The average Bonchev–Trinajstić information content (AvgIpc) is 3.12. The Morgan fingerprint density at radius 3 is 2.21 bits per heavy atom. The molecule has 0 aromatic heterocycles. The fraction of sp³-hybridized carbons (Fsp3) is 0.222. The van der Waals surface area contributed by atoms with Crippen molar-refractivity contribution in [2.45, 2.75) is 18.9 Å². The smallest absolute Gasteiger partial charge is 0.255 e. The molecule has 0 spiro atoms. The van der Waals surface area contributed by atoms with Gasteiger partial charge >= 0.3 is 0 Å². The normalized spacial score (nSPS) is 16.6. The lowest BCUT2D eigenvalue weighted by atomic mass is 10.1. The number of benzene rings is 2. The lowest BCUT2D eigenvalue weighted by molar-refractivity contribution is -0.124. The molecule has 2 aromatic carbocycles. The maximum absolute atomic E-state index is 12.2. The summed E-state index contributed by atoms with van der Waals surface area (Å²) in [4.78, 5) is 24.2. The topological polar surface area (TPSA) is 67.4 Å². The zero-order valence-electron chi connectivity index (χ0n) is 12.9. The summed E-state index contributed by atoms with van der Waals surface area (Å²) < 4.78 is 5.34. The van der Waals surface area contributed by atoms with Crippen molar-refractivity contribution in [3.8, 4) is 0 Å². The van der Waals surface area contributed by atoms with E-state index >= 15 is 0 Å². The van der Waals surface area contributed by atoms with Gasteiger partial charge in [0, 0.05) is 28.6 Å². The van der Waals surface area contributed by atoms with Crippen LogP contribution in [0.4, 0.5) is 11.4 Å². The van der Waals surface area contributed by atoms with E-state index in [2.05, 4.69) is 10.6 Å². The van der Waals surface area contributed by atoms with Crippen molar-refractivity contribution in [2.75, 3.05) is 17.2 Å². The first-order valence-electron chi connectivity index (χ1n) is 7.71. The van der Waals surface area contributed by atoms with Crippen LogP contribution in [-0.2, 0) is 9.53 Å². The van der Waals surface area contributed by atoms with Crippen LogP contribution < -0.4 is 10.6 Å². The fourth-order valence-corrected chi connectivity index (χ4v) is 2.57. The largest absolute Gasteiger partial charge is 0.368 e. The molecule has 1 atom stereocenters. The average molecular weight is 345 g/mol. The number of carbonyl (C=O) groups is 2. The summed E-state index contributed by atoms with van der Waals surface area (Å²) in [6.45, 7) is 0.627. The van der Waals surface area contributed by atoms with Crippen LogP contribution in [-0.4, -0.2) is 24.5 Å². The molecule has 24 heavy (non-hydrogen) atoms. The van der Waals surface area contributed by atoms with Gasteiger partial charge in [-0.15, -0.1) is 0 Å². The van der Waals surface area contributed by atoms with Crippen molar-refractivity contribution in [1.82, 2.24) is 0 Å². The van der Waals surface area contributed by atoms with Gasteiger partial charge in [0.1, 0.15) is 6.10 Å². The molecule has 2 N–H and O–H groups in total. The molecular weight excluding hydrogens is 328 g/mol. The van der Waals surface area contributed by atoms with E-state index in [9.17, 15) is 9.59 Å². The minimum Gasteiger partial charge on any atom is -0.368 e. The Bertz CT molecular complexity index is 723. The van der Waals surface area contributed by atoms with E-state index in [0.29, 0.717) is 28.6 Å². The van der Waals surface area contributed by atoms with Crippen LogP contribution in [0.15, 0.2) is 48.5 Å². The molecule has 3 rings (SSSR count). The van der Waals surface area contributed by atoms with Gasteiger partial charge < -0.3 is 15.4 Å². The monoisotopic (exact) mass is 344 g/mol. The van der Waals surface area contributed by atoms with Crippen LogP contribution in [0, 0.1) is 0 Å². The van der Waals surface area contributed by atoms with Gasteiger partial charge in [-0.05, 0) is 61.4 Å². The van der Waals surface area contributed by atoms with E-state index in [0.717, 1.165) is 12.8 Å². The van der Waals surface area contributed by atoms with Crippen LogP contribution in [0.3, 0.4) is 0 Å². The van der Waals surface area contributed by atoms with Gasteiger partial charge in [-0.25, -0.2) is 0 Å². The number of carbonyl (C=O) groups excluding carboxylic acids is 2. The Kier molecular flexibility index (Phi) is 5.13. The standard InChI is InChI=1S/C18H17ClN2O3/c19-13-5-9-15(10-6-13)20-17(22)12-3-7-14(8-4-12)21-18(23)16-2-1-11-24-16/h3-10,16H,1-2,11H2,(H,20,22)(H,21,23). The Balaban J connectivity index is 1.60. The number of amides is 2. The summed E-state index contributed by atoms with van der Waals surface area (Å²) in [7, 11) is 0. The highest BCUT2D eigenvalue weighted by Crippen LogP contribution is 2.17. The fourth-order valence-electron chi connectivity index (χ4n) is 2.45. The zero-order chi connectivity index (χ0) is 16.9. The summed E-state index contributed by atoms with van der Waals surface area (Å²) in [5.74, 6) is -0.375. The van der Waals surface area contributed by atoms with E-state index in [1.54, 1.807) is 48.5 Å². The van der Waals surface area contributed by atoms with Crippen molar-refractivity contribution in [1.29, 1.82) is 0 Å². The number of hydrogen-bond donors (Lipinski definition) is 2. The minimum atomic E-state index is -0.377. The Labute approximate surface area is 145 Å². The first-order valence-corrected chi connectivity index (χ1v) is 8.09. The summed E-state index contributed by atoms with van der Waals surface area (Å²) >= 11 is 5.82. The maximum Gasteiger partial charge on any atom is 0.255 e. The molecule has 124 valence electrons. The molecule has 0 aliphatic carbocycles. The van der Waals surface area contributed by atoms with Crippen molar-refractivity contribution in [3.63, 3.8) is 0 Å². The third-order valence-electron chi connectivity index (χ3n) is 3.74. The molecule has 1 aliphatic heterocycles. The van der Waals surface area contributed by atoms with Gasteiger partial charge in [0.25, 0.3) is 11.8 Å². The number of halogens is 1. The summed E-state index contributed by atoms with van der Waals surface area (Å²) in [5.41, 5.74) is 1.80. The van der Waals surface area contributed by atoms with E-state index < -0.39 is 0 Å². The van der Waals surface area contributed by atoms with E-state index in [1.165, 1.54) is 0 Å². The van der Waals surface area contributed by atoms with E-state index in [4.69, 9.17) is 16.3 Å². The number of ether oxygens (including phenoxy) is 1. The molecule has 2 aromatic rings. The van der Waals surface area contributed by atoms with Crippen LogP contribution in [0.2, 0.25) is 5.02 Å². The van der Waals surface area contributed by atoms with Gasteiger partial charge in [-0.3, -0.25) is 9.59 Å². The Hall–Kier alpha value is -2.37. The molecule has 0 bridgehead atoms. The van der Waals surface area contributed by atoms with Crippen molar-refractivity contribution >= 4 is 34.8 Å². The second-order valence-electron chi connectivity index (χ2n) is 5.53. The Morgan fingerprint density at radius 2 is 1.58 bits per heavy atom. The summed E-state index contributed by atoms with van der Waals surface area (Å²) in [6.07, 6.45) is 1.27. The second kappa shape index (κ2) is 7.47. The molecule has 6 heteroatoms. The minimum absolute atomic E-state index is 0.147. The van der Waals surface area contributed by atoms with Crippen LogP contribution in [0.5, 0.6) is 0 Å². The molecule has 0 radical (unpaired) electrons. The first kappa shape index (κ1) is 16.5. The molecule has 1 saturated heterocycles. The number of nitrogens with one attached hydrogen (secondary N) is 2. The van der Waals surface area contributed by atoms with Crippen LogP contribution >= 0.6 is 11.6 Å². The third kappa shape index (κ3) is 4.13. The zero-order valence-corrected chi connectivity index (χ0v) is 13.7. The lowest BCUT2D eigenvalue weighted by Crippen LogP contribution is -2.26. The van der Waals surface area contributed by atoms with Crippen LogP contribution in [0.25, 0.3) is 0 Å². The molecule has 5 nitrogen and oxygen atoms in total. The Morgan fingerprint density at radius 1 is 0.958 bits per heavy atom. The first-order chi connectivity index (χ1) is 11.6. The lowest BCUT2D eigenvalue weighted by Gasteiger charge is -2.11. The SMILES string of the molecule is O=C(Nc1ccc(Cl)cc1)c1ccc(NC(=O)C2CCCO2)cc1. The molecule has 0 saturated carbocycles. The number of hydrogen-bond acceptors (Lipinski definition) is 3. The quantitative estimate of drug-likeness (QED) is 0.888. The van der Waals surface area contributed by atoms with Gasteiger partial charge in [-0.2, -0.15) is 0 Å². The summed E-state index contributed by atoms with van der Waals surface area (Å²) in [6, 6.07) is 13.6. The molecule has 1 aliphatic rings. The third-order valence-corrected chi connectivity index (χ3v) is 3.99. The van der Waals surface area contributed by atoms with Crippen LogP contribution in [0.1, 0.15) is 23.2 Å². The van der Waals surface area contributed by atoms with Gasteiger partial charge in [0.05, 0.1) is 0 Å². The number of anilines is 2. The number of rotatable bonds is 4. The van der Waals surface area contributed by atoms with E-state index in [-0.39, 0.29) is 17.9 Å². The van der Waals surface area contributed by atoms with E-state index in [1.807, 2.05) is 0 Å². The summed E-state index contributed by atoms with van der Waals surface area (Å²) in [5, 5.41) is 6.19. The second-order valence-corrected chi connectivity index (χ2v) is 5.97. The van der Waals surface area contributed by atoms with Gasteiger partial charge in [0.2, 0.25) is 0 Å². The predicted octanol–water partition coefficient (Wildman–Crippen LogP) is 3.71.